The summed E-state index contributed by atoms with van der Waals surface area (Å²) in [4.78, 5) is 29.5. The van der Waals surface area contributed by atoms with Gasteiger partial charge >= 0.3 is 16.4 Å². The van der Waals surface area contributed by atoms with Gasteiger partial charge in [0.25, 0.3) is 11.8 Å². The summed E-state index contributed by atoms with van der Waals surface area (Å²) >= 11 is 0. The summed E-state index contributed by atoms with van der Waals surface area (Å²) in [7, 11) is -5.18. The van der Waals surface area contributed by atoms with Crippen molar-refractivity contribution < 1.29 is 40.5 Å². The van der Waals surface area contributed by atoms with Crippen molar-refractivity contribution in [2.45, 2.75) is 30.8 Å². The van der Waals surface area contributed by atoms with Crippen molar-refractivity contribution in [1.82, 2.24) is 15.4 Å². The molecule has 0 aromatic carbocycles. The summed E-state index contributed by atoms with van der Waals surface area (Å²) in [5, 5.41) is -0.141. The monoisotopic (exact) mass is 374 g/mol. The molecule has 2 aliphatic heterocycles. The second kappa shape index (κ2) is 6.72. The highest BCUT2D eigenvalue weighted by Crippen LogP contribution is 2.40. The Kier molecular flexibility index (Phi) is 5.24. The lowest BCUT2D eigenvalue weighted by molar-refractivity contribution is -0.159. The number of hydrogen-bond acceptors (Lipinski definition) is 7. The van der Waals surface area contributed by atoms with Gasteiger partial charge in [0.05, 0.1) is 13.2 Å². The molecule has 24 heavy (non-hydrogen) atoms. The fourth-order valence-corrected chi connectivity index (χ4v) is 2.80. The van der Waals surface area contributed by atoms with Gasteiger partial charge in [0.2, 0.25) is 0 Å². The van der Waals surface area contributed by atoms with Gasteiger partial charge in [-0.15, -0.1) is 4.28 Å². The first kappa shape index (κ1) is 18.7. The maximum Gasteiger partial charge on any atom is 0.418 e. The number of nitrogens with one attached hydrogen (secondary N) is 1. The normalized spacial score (nSPS) is 25.9. The van der Waals surface area contributed by atoms with Crippen LogP contribution in [0.5, 0.6) is 0 Å². The van der Waals surface area contributed by atoms with E-state index in [0.29, 0.717) is 13.0 Å². The van der Waals surface area contributed by atoms with Crippen LogP contribution in [0.15, 0.2) is 0 Å². The van der Waals surface area contributed by atoms with E-state index in [4.69, 9.17) is 15.1 Å². The number of hydrogen-bond donors (Lipinski definition) is 3. The van der Waals surface area contributed by atoms with Crippen molar-refractivity contribution in [3.63, 3.8) is 0 Å². The molecule has 0 saturated carbocycles. The van der Waals surface area contributed by atoms with Crippen LogP contribution in [0.25, 0.3) is 0 Å². The topological polar surface area (TPSA) is 151 Å². The molecule has 0 aliphatic carbocycles. The molecule has 2 aliphatic rings. The van der Waals surface area contributed by atoms with E-state index < -0.39 is 53.3 Å². The Morgan fingerprint density at radius 3 is 2.75 bits per heavy atom. The molecule has 11 nitrogen and oxygen atoms in total. The van der Waals surface area contributed by atoms with Crippen LogP contribution in [0.2, 0.25) is 0 Å². The number of nitrogens with two attached hydrogens (primary N) is 1. The molecule has 0 aromatic heterocycles. The van der Waals surface area contributed by atoms with E-state index in [0.717, 1.165) is 4.90 Å². The van der Waals surface area contributed by atoms with Crippen molar-refractivity contribution in [2.75, 3.05) is 19.7 Å². The van der Waals surface area contributed by atoms with E-state index in [9.17, 15) is 26.8 Å². The molecule has 0 aromatic rings. The van der Waals surface area contributed by atoms with Crippen molar-refractivity contribution in [3.05, 3.63) is 0 Å². The molecule has 3 amide bonds. The third-order valence-corrected chi connectivity index (χ3v) is 3.87. The lowest BCUT2D eigenvalue weighted by Crippen LogP contribution is -2.56. The lowest BCUT2D eigenvalue weighted by Gasteiger charge is -2.34. The average molecular weight is 374 g/mol. The zero-order chi connectivity index (χ0) is 18.1. The number of nitrogens with zero attached hydrogens (tertiary/aromatic N) is 2. The SMILES string of the molecule is NCCCONC(=O)[C@@H]1CC(F)(F)[C@@H]2CN1C(=O)N2OS(=O)(=O)O. The smallest absolute Gasteiger partial charge is 0.330 e. The van der Waals surface area contributed by atoms with Gasteiger partial charge in [-0.3, -0.25) is 14.2 Å². The Hall–Kier alpha value is -1.61. The maximum absolute atomic E-state index is 14.1. The standard InChI is InChI=1S/C10H16F2N4O7S/c11-10(12)4-6(8(17)14-22-3-1-2-13)15-5-7(10)16(9(15)18)23-24(19,20)21/h6-7H,1-5,13H2,(H,14,17)(H,19,20,21)/t6-,7-/m0/s1. The summed E-state index contributed by atoms with van der Waals surface area (Å²) < 4.78 is 62.2. The number of alkyl halides is 2. The Bertz CT molecular complexity index is 616. The molecule has 14 heteroatoms. The minimum atomic E-state index is -5.18. The fourth-order valence-electron chi connectivity index (χ4n) is 2.43. The number of fused-ring (bicyclic) bond motifs is 2. The van der Waals surface area contributed by atoms with E-state index >= 15 is 0 Å². The van der Waals surface area contributed by atoms with Gasteiger partial charge in [0.15, 0.2) is 0 Å². The Morgan fingerprint density at radius 2 is 2.17 bits per heavy atom. The number of carbonyl (C=O) groups is 2. The van der Waals surface area contributed by atoms with E-state index in [-0.39, 0.29) is 11.7 Å². The van der Waals surface area contributed by atoms with Gasteiger partial charge in [0.1, 0.15) is 12.1 Å². The van der Waals surface area contributed by atoms with Crippen molar-refractivity contribution >= 4 is 22.3 Å². The number of hydroxylamine groups is 3. The van der Waals surface area contributed by atoms with Gasteiger partial charge < -0.3 is 10.6 Å². The van der Waals surface area contributed by atoms with E-state index in [1.807, 2.05) is 5.48 Å². The zero-order valence-corrected chi connectivity index (χ0v) is 13.0. The van der Waals surface area contributed by atoms with E-state index in [2.05, 4.69) is 4.28 Å². The predicted octanol–water partition coefficient (Wildman–Crippen LogP) is -1.37. The highest BCUT2D eigenvalue weighted by Gasteiger charge is 2.62. The highest BCUT2D eigenvalue weighted by atomic mass is 32.3. The summed E-state index contributed by atoms with van der Waals surface area (Å²) in [5.74, 6) is -4.61. The minimum absolute atomic E-state index is 0.0555. The Balaban J connectivity index is 2.12. The molecule has 0 radical (unpaired) electrons. The minimum Gasteiger partial charge on any atom is -0.330 e. The van der Waals surface area contributed by atoms with Crippen molar-refractivity contribution in [2.24, 2.45) is 5.73 Å². The first-order valence-corrected chi connectivity index (χ1v) is 8.19. The molecule has 2 heterocycles. The molecule has 0 spiro atoms. The Labute approximate surface area is 135 Å². The molecule has 138 valence electrons. The summed E-state index contributed by atoms with van der Waals surface area (Å²) in [6.07, 6.45) is -0.636. The number of amides is 3. The molecule has 2 rings (SSSR count). The zero-order valence-electron chi connectivity index (χ0n) is 12.2. The van der Waals surface area contributed by atoms with Crippen LogP contribution in [0, 0.1) is 0 Å². The van der Waals surface area contributed by atoms with E-state index in [1.165, 1.54) is 0 Å². The number of urea groups is 1. The first-order valence-electron chi connectivity index (χ1n) is 6.83. The third-order valence-electron chi connectivity index (χ3n) is 3.52. The van der Waals surface area contributed by atoms with Crippen molar-refractivity contribution in [1.29, 1.82) is 0 Å². The van der Waals surface area contributed by atoms with Crippen LogP contribution < -0.4 is 11.2 Å². The molecule has 2 atom stereocenters. The number of halogens is 2. The molecule has 2 bridgehead atoms. The second-order valence-electron chi connectivity index (χ2n) is 5.22. The van der Waals surface area contributed by atoms with Crippen LogP contribution in [0.3, 0.4) is 0 Å². The van der Waals surface area contributed by atoms with Gasteiger partial charge in [0, 0.05) is 6.42 Å². The quantitative estimate of drug-likeness (QED) is 0.280. The van der Waals surface area contributed by atoms with Crippen LogP contribution in [-0.4, -0.2) is 72.6 Å². The average Bonchev–Trinajstić information content (AvgIpc) is 2.74. The van der Waals surface area contributed by atoms with Gasteiger partial charge in [-0.2, -0.15) is 13.5 Å². The highest BCUT2D eigenvalue weighted by molar-refractivity contribution is 7.80. The second-order valence-corrected chi connectivity index (χ2v) is 6.22. The number of carbonyl (C=O) groups excluding carboxylic acids is 2. The molecular formula is C10H16F2N4O7S. The molecule has 2 fully saturated rings. The number of piperidine rings is 1. The van der Waals surface area contributed by atoms with Crippen LogP contribution in [-0.2, 0) is 24.3 Å². The maximum atomic E-state index is 14.1. The third kappa shape index (κ3) is 3.89. The molecule has 2 saturated heterocycles. The van der Waals surface area contributed by atoms with Gasteiger partial charge in [-0.25, -0.2) is 19.1 Å². The lowest BCUT2D eigenvalue weighted by atomic mass is 9.96. The van der Waals surface area contributed by atoms with Crippen LogP contribution in [0.1, 0.15) is 12.8 Å². The van der Waals surface area contributed by atoms with E-state index in [1.54, 1.807) is 0 Å². The predicted molar refractivity (Wildman–Crippen MR) is 71.5 cm³/mol. The van der Waals surface area contributed by atoms with Gasteiger partial charge in [-0.05, 0) is 13.0 Å². The van der Waals surface area contributed by atoms with Crippen LogP contribution in [0.4, 0.5) is 13.6 Å². The fraction of sp³-hybridized carbons (Fsp3) is 0.800. The Morgan fingerprint density at radius 1 is 1.50 bits per heavy atom. The molecular weight excluding hydrogens is 358 g/mol. The number of rotatable bonds is 7. The van der Waals surface area contributed by atoms with Crippen LogP contribution >= 0.6 is 0 Å². The first-order chi connectivity index (χ1) is 11.1. The molecule has 4 N–H and O–H groups in total. The summed E-state index contributed by atoms with van der Waals surface area (Å²) in [6, 6.07) is -4.82. The largest absolute Gasteiger partial charge is 0.418 e. The van der Waals surface area contributed by atoms with Crippen molar-refractivity contribution in [3.8, 4) is 0 Å². The molecule has 0 unspecified atom stereocenters. The van der Waals surface area contributed by atoms with Gasteiger partial charge in [-0.1, -0.05) is 0 Å². The summed E-state index contributed by atoms with van der Waals surface area (Å²) in [6.45, 7) is -0.298. The summed E-state index contributed by atoms with van der Waals surface area (Å²) in [5.41, 5.74) is 7.17.